The molecular formula is C30H26N2O4. The Morgan fingerprint density at radius 2 is 1.75 bits per heavy atom. The van der Waals surface area contributed by atoms with Crippen LogP contribution in [0.25, 0.3) is 10.9 Å². The summed E-state index contributed by atoms with van der Waals surface area (Å²) in [6.07, 6.45) is 6.30. The highest BCUT2D eigenvalue weighted by Crippen LogP contribution is 2.37. The highest BCUT2D eigenvalue weighted by atomic mass is 16.5. The van der Waals surface area contributed by atoms with E-state index in [9.17, 15) is 4.79 Å². The molecule has 0 saturated carbocycles. The third kappa shape index (κ3) is 5.80. The predicted molar refractivity (Wildman–Crippen MR) is 143 cm³/mol. The molecule has 0 aliphatic heterocycles. The molecule has 0 atom stereocenters. The molecule has 0 aliphatic rings. The van der Waals surface area contributed by atoms with E-state index in [2.05, 4.69) is 23.5 Å². The topological polar surface area (TPSA) is 69.7 Å². The van der Waals surface area contributed by atoms with Crippen LogP contribution in [0.1, 0.15) is 5.56 Å². The van der Waals surface area contributed by atoms with Gasteiger partial charge in [0, 0.05) is 28.9 Å². The minimum Gasteiger partial charge on any atom is -0.493 e. The van der Waals surface area contributed by atoms with Gasteiger partial charge in [-0.3, -0.25) is 9.78 Å². The van der Waals surface area contributed by atoms with Gasteiger partial charge in [-0.25, -0.2) is 0 Å². The van der Waals surface area contributed by atoms with Crippen molar-refractivity contribution in [2.24, 2.45) is 0 Å². The number of pyridine rings is 1. The summed E-state index contributed by atoms with van der Waals surface area (Å²) in [5.74, 6) is 2.14. The number of ether oxygens (including phenoxy) is 3. The Labute approximate surface area is 210 Å². The minimum absolute atomic E-state index is 0.268. The molecular weight excluding hydrogens is 452 g/mol. The van der Waals surface area contributed by atoms with Crippen molar-refractivity contribution < 1.29 is 19.0 Å². The Kier molecular flexibility index (Phi) is 7.78. The third-order valence-electron chi connectivity index (χ3n) is 5.34. The number of hydrogen-bond acceptors (Lipinski definition) is 5. The van der Waals surface area contributed by atoms with Gasteiger partial charge >= 0.3 is 0 Å². The number of methoxy groups -OCH3 is 1. The molecule has 1 aromatic heterocycles. The maximum absolute atomic E-state index is 12.3. The normalized spacial score (nSPS) is 11.0. The minimum atomic E-state index is -0.268. The molecule has 1 heterocycles. The molecule has 4 rings (SSSR count). The van der Waals surface area contributed by atoms with Crippen LogP contribution in [-0.4, -0.2) is 18.0 Å². The van der Waals surface area contributed by atoms with Gasteiger partial charge in [-0.05, 0) is 42.0 Å². The highest BCUT2D eigenvalue weighted by molar-refractivity contribution is 6.05. The van der Waals surface area contributed by atoms with Crippen molar-refractivity contribution in [1.29, 1.82) is 0 Å². The summed E-state index contributed by atoms with van der Waals surface area (Å²) in [7, 11) is 1.60. The van der Waals surface area contributed by atoms with Crippen molar-refractivity contribution in [3.63, 3.8) is 0 Å². The van der Waals surface area contributed by atoms with Crippen molar-refractivity contribution >= 4 is 22.5 Å². The van der Waals surface area contributed by atoms with Gasteiger partial charge in [0.15, 0.2) is 11.5 Å². The molecule has 6 nitrogen and oxygen atoms in total. The van der Waals surface area contributed by atoms with Crippen LogP contribution < -0.4 is 19.5 Å². The first kappa shape index (κ1) is 24.3. The molecule has 6 heteroatoms. The summed E-state index contributed by atoms with van der Waals surface area (Å²) in [4.78, 5) is 16.8. The van der Waals surface area contributed by atoms with E-state index in [1.165, 1.54) is 6.08 Å². The quantitative estimate of drug-likeness (QED) is 0.199. The van der Waals surface area contributed by atoms with E-state index in [4.69, 9.17) is 14.2 Å². The van der Waals surface area contributed by atoms with E-state index >= 15 is 0 Å². The first-order valence-electron chi connectivity index (χ1n) is 11.3. The first-order valence-corrected chi connectivity index (χ1v) is 11.3. The Morgan fingerprint density at radius 1 is 0.972 bits per heavy atom. The molecule has 0 radical (unpaired) electrons. The number of anilines is 1. The van der Waals surface area contributed by atoms with Crippen molar-refractivity contribution in [3.8, 4) is 23.0 Å². The smallest absolute Gasteiger partial charge is 0.255 e. The van der Waals surface area contributed by atoms with E-state index in [1.54, 1.807) is 55.8 Å². The molecule has 3 aromatic carbocycles. The van der Waals surface area contributed by atoms with Crippen LogP contribution in [0.15, 0.2) is 116 Å². The first-order chi connectivity index (χ1) is 17.6. The lowest BCUT2D eigenvalue weighted by Crippen LogP contribution is -2.12. The second kappa shape index (κ2) is 11.5. The van der Waals surface area contributed by atoms with Gasteiger partial charge in [0.2, 0.25) is 0 Å². The fourth-order valence-electron chi connectivity index (χ4n) is 3.52. The number of benzene rings is 3. The third-order valence-corrected chi connectivity index (χ3v) is 5.34. The van der Waals surface area contributed by atoms with Crippen LogP contribution in [-0.2, 0) is 11.4 Å². The van der Waals surface area contributed by atoms with Gasteiger partial charge in [0.05, 0.1) is 12.6 Å². The van der Waals surface area contributed by atoms with Crippen molar-refractivity contribution in [3.05, 3.63) is 122 Å². The molecule has 1 N–H and O–H groups in total. The van der Waals surface area contributed by atoms with Crippen molar-refractivity contribution in [1.82, 2.24) is 4.98 Å². The molecule has 0 spiro atoms. The summed E-state index contributed by atoms with van der Waals surface area (Å²) in [6.45, 7) is 7.67. The number of hydrogen-bond donors (Lipinski definition) is 1. The Balaban J connectivity index is 1.55. The number of nitrogens with one attached hydrogen (secondary N) is 1. The van der Waals surface area contributed by atoms with Gasteiger partial charge in [0.25, 0.3) is 5.91 Å². The van der Waals surface area contributed by atoms with Crippen LogP contribution in [0, 0.1) is 0 Å². The summed E-state index contributed by atoms with van der Waals surface area (Å²) in [6, 6.07) is 22.5. The Hall–Kier alpha value is -4.84. The summed E-state index contributed by atoms with van der Waals surface area (Å²) in [5, 5.41) is 3.61. The Morgan fingerprint density at radius 3 is 2.44 bits per heavy atom. The summed E-state index contributed by atoms with van der Waals surface area (Å²) >= 11 is 0. The zero-order chi connectivity index (χ0) is 25.3. The number of aromatic nitrogens is 1. The molecule has 0 unspecified atom stereocenters. The van der Waals surface area contributed by atoms with Crippen LogP contribution >= 0.6 is 0 Å². The van der Waals surface area contributed by atoms with Crippen LogP contribution in [0.2, 0.25) is 0 Å². The van der Waals surface area contributed by atoms with Gasteiger partial charge in [-0.1, -0.05) is 61.7 Å². The monoisotopic (exact) mass is 478 g/mol. The molecule has 180 valence electrons. The fourth-order valence-corrected chi connectivity index (χ4v) is 3.52. The van der Waals surface area contributed by atoms with Gasteiger partial charge in [-0.2, -0.15) is 0 Å². The van der Waals surface area contributed by atoms with Gasteiger partial charge < -0.3 is 19.5 Å². The van der Waals surface area contributed by atoms with Crippen LogP contribution in [0.5, 0.6) is 23.0 Å². The SMILES string of the molecule is C=C/C=C(\C=C)C(=O)Nc1ccc(Oc2ccnc3cc(OC)c(OCc4ccccc4)cc23)cc1. The molecule has 4 aromatic rings. The lowest BCUT2D eigenvalue weighted by atomic mass is 10.1. The fraction of sp³-hybridized carbons (Fsp3) is 0.0667. The second-order valence-electron chi connectivity index (χ2n) is 7.75. The number of fused-ring (bicyclic) bond motifs is 1. The van der Waals surface area contributed by atoms with Crippen LogP contribution in [0.3, 0.4) is 0 Å². The van der Waals surface area contributed by atoms with E-state index in [0.29, 0.717) is 46.4 Å². The van der Waals surface area contributed by atoms with Gasteiger partial charge in [-0.15, -0.1) is 0 Å². The molecule has 36 heavy (non-hydrogen) atoms. The number of carbonyl (C=O) groups is 1. The molecule has 0 bridgehead atoms. The number of amides is 1. The Bertz CT molecular complexity index is 1410. The van der Waals surface area contributed by atoms with E-state index < -0.39 is 0 Å². The lowest BCUT2D eigenvalue weighted by Gasteiger charge is -2.14. The van der Waals surface area contributed by atoms with E-state index in [1.807, 2.05) is 42.5 Å². The number of rotatable bonds is 10. The highest BCUT2D eigenvalue weighted by Gasteiger charge is 2.13. The maximum atomic E-state index is 12.3. The van der Waals surface area contributed by atoms with E-state index in [0.717, 1.165) is 10.9 Å². The number of nitrogens with zero attached hydrogens (tertiary/aromatic N) is 1. The molecule has 0 saturated heterocycles. The van der Waals surface area contributed by atoms with E-state index in [-0.39, 0.29) is 5.91 Å². The number of carbonyl (C=O) groups excluding carboxylic acids is 1. The molecule has 1 amide bonds. The second-order valence-corrected chi connectivity index (χ2v) is 7.75. The summed E-state index contributed by atoms with van der Waals surface area (Å²) in [5.41, 5.74) is 2.82. The molecule has 0 aliphatic carbocycles. The van der Waals surface area contributed by atoms with Crippen LogP contribution in [0.4, 0.5) is 5.69 Å². The average molecular weight is 479 g/mol. The predicted octanol–water partition coefficient (Wildman–Crippen LogP) is 6.85. The standard InChI is InChI=1S/C30H26N2O4/c1-4-9-22(5-2)30(33)32-23-12-14-24(15-13-23)36-27-16-17-31-26-19-28(34-3)29(18-25(26)27)35-20-21-10-7-6-8-11-21/h4-19H,1-2,20H2,3H3,(H,32,33)/b22-9+. The maximum Gasteiger partial charge on any atom is 0.255 e. The average Bonchev–Trinajstić information content (AvgIpc) is 2.91. The largest absolute Gasteiger partial charge is 0.493 e. The van der Waals surface area contributed by atoms with Crippen molar-refractivity contribution in [2.45, 2.75) is 6.61 Å². The lowest BCUT2D eigenvalue weighted by molar-refractivity contribution is -0.112. The van der Waals surface area contributed by atoms with Gasteiger partial charge in [0.1, 0.15) is 18.1 Å². The number of allylic oxidation sites excluding steroid dienone is 2. The molecule has 0 fully saturated rings. The zero-order valence-electron chi connectivity index (χ0n) is 19.9. The zero-order valence-corrected chi connectivity index (χ0v) is 19.9. The van der Waals surface area contributed by atoms with Crippen molar-refractivity contribution in [2.75, 3.05) is 12.4 Å². The summed E-state index contributed by atoms with van der Waals surface area (Å²) < 4.78 is 17.7.